The number of carbonyl (C=O) groups is 1. The van der Waals surface area contributed by atoms with Crippen LogP contribution in [0, 0.1) is 11.3 Å². The van der Waals surface area contributed by atoms with E-state index in [9.17, 15) is 13.2 Å². The number of hydrogen-bond donors (Lipinski definition) is 1. The fourth-order valence-electron chi connectivity index (χ4n) is 3.11. The maximum absolute atomic E-state index is 12.6. The largest absolute Gasteiger partial charge is 0.481 e. The summed E-state index contributed by atoms with van der Waals surface area (Å²) in [5.74, 6) is 0.0362. The SMILES string of the molecule is C/C(=N\NC(=O)C(C)Oc1ccc(C#N)cc1)c1ccc(S(=O)(=O)N2CCCC2)cc1. The van der Waals surface area contributed by atoms with Gasteiger partial charge in [0.15, 0.2) is 6.10 Å². The Balaban J connectivity index is 1.60. The molecule has 8 nitrogen and oxygen atoms in total. The van der Waals surface area contributed by atoms with Crippen LogP contribution in [-0.4, -0.2) is 43.5 Å². The highest BCUT2D eigenvalue weighted by Crippen LogP contribution is 2.21. The lowest BCUT2D eigenvalue weighted by Crippen LogP contribution is -2.33. The van der Waals surface area contributed by atoms with Crippen LogP contribution in [0.1, 0.15) is 37.8 Å². The van der Waals surface area contributed by atoms with Gasteiger partial charge < -0.3 is 4.74 Å². The lowest BCUT2D eigenvalue weighted by atomic mass is 10.1. The number of sulfonamides is 1. The molecule has 1 amide bonds. The van der Waals surface area contributed by atoms with Crippen molar-refractivity contribution in [1.82, 2.24) is 9.73 Å². The van der Waals surface area contributed by atoms with E-state index >= 15 is 0 Å². The smallest absolute Gasteiger partial charge is 0.280 e. The monoisotopic (exact) mass is 440 g/mol. The number of benzene rings is 2. The van der Waals surface area contributed by atoms with Crippen molar-refractivity contribution in [3.05, 3.63) is 59.7 Å². The fourth-order valence-corrected chi connectivity index (χ4v) is 4.62. The molecular formula is C22H24N4O4S. The molecule has 162 valence electrons. The lowest BCUT2D eigenvalue weighted by Gasteiger charge is -2.15. The lowest BCUT2D eigenvalue weighted by molar-refractivity contribution is -0.127. The number of ether oxygens (including phenoxy) is 1. The fraction of sp³-hybridized carbons (Fsp3) is 0.318. The van der Waals surface area contributed by atoms with Gasteiger partial charge >= 0.3 is 0 Å². The molecule has 0 spiro atoms. The molecule has 9 heteroatoms. The molecule has 0 radical (unpaired) electrons. The Kier molecular flexibility index (Phi) is 7.05. The topological polar surface area (TPSA) is 112 Å². The zero-order valence-corrected chi connectivity index (χ0v) is 18.2. The summed E-state index contributed by atoms with van der Waals surface area (Å²) in [6.07, 6.45) is 0.976. The second kappa shape index (κ2) is 9.73. The number of nitrogens with zero attached hydrogens (tertiary/aromatic N) is 3. The summed E-state index contributed by atoms with van der Waals surface area (Å²) in [6.45, 7) is 4.42. The summed E-state index contributed by atoms with van der Waals surface area (Å²) in [4.78, 5) is 12.5. The molecule has 1 atom stereocenters. The third-order valence-corrected chi connectivity index (χ3v) is 6.89. The predicted molar refractivity (Wildman–Crippen MR) is 116 cm³/mol. The van der Waals surface area contributed by atoms with Gasteiger partial charge in [0.1, 0.15) is 5.75 Å². The molecule has 3 rings (SSSR count). The summed E-state index contributed by atoms with van der Waals surface area (Å²) in [7, 11) is -3.46. The van der Waals surface area contributed by atoms with Crippen molar-refractivity contribution >= 4 is 21.6 Å². The van der Waals surface area contributed by atoms with E-state index in [0.29, 0.717) is 35.7 Å². The average Bonchev–Trinajstić information content (AvgIpc) is 3.33. The van der Waals surface area contributed by atoms with Gasteiger partial charge in [0, 0.05) is 13.1 Å². The normalized spacial score (nSPS) is 15.8. The third-order valence-electron chi connectivity index (χ3n) is 4.97. The standard InChI is InChI=1S/C22H24N4O4S/c1-16(19-7-11-21(12-8-19)31(28,29)26-13-3-4-14-26)24-25-22(27)17(2)30-20-9-5-18(15-23)6-10-20/h5-12,17H,3-4,13-14H2,1-2H3,(H,25,27)/b24-16+. The summed E-state index contributed by atoms with van der Waals surface area (Å²) in [5.41, 5.74) is 4.19. The number of carbonyl (C=O) groups excluding carboxylic acids is 1. The Labute approximate surface area is 182 Å². The zero-order chi connectivity index (χ0) is 22.4. The van der Waals surface area contributed by atoms with Crippen LogP contribution < -0.4 is 10.2 Å². The summed E-state index contributed by atoms with van der Waals surface area (Å²) in [6, 6.07) is 14.9. The van der Waals surface area contributed by atoms with E-state index in [4.69, 9.17) is 10.00 Å². The zero-order valence-electron chi connectivity index (χ0n) is 17.4. The number of rotatable bonds is 7. The van der Waals surface area contributed by atoms with Crippen molar-refractivity contribution in [1.29, 1.82) is 5.26 Å². The van der Waals surface area contributed by atoms with Crippen molar-refractivity contribution in [2.45, 2.75) is 37.7 Å². The van der Waals surface area contributed by atoms with Crippen LogP contribution in [0.2, 0.25) is 0 Å². The van der Waals surface area contributed by atoms with Gasteiger partial charge in [-0.2, -0.15) is 14.7 Å². The van der Waals surface area contributed by atoms with Crippen LogP contribution >= 0.6 is 0 Å². The van der Waals surface area contributed by atoms with Crippen molar-refractivity contribution < 1.29 is 17.9 Å². The van der Waals surface area contributed by atoms with Crippen molar-refractivity contribution in [2.75, 3.05) is 13.1 Å². The Bertz CT molecular complexity index is 1100. The number of hydrogen-bond acceptors (Lipinski definition) is 6. The molecule has 1 N–H and O–H groups in total. The van der Waals surface area contributed by atoms with Gasteiger partial charge in [-0.25, -0.2) is 13.8 Å². The molecule has 2 aromatic rings. The number of hydrazone groups is 1. The first-order chi connectivity index (χ1) is 14.8. The summed E-state index contributed by atoms with van der Waals surface area (Å²) < 4.78 is 32.3. The quantitative estimate of drug-likeness (QED) is 0.525. The molecule has 1 aliphatic heterocycles. The Morgan fingerprint density at radius 2 is 1.74 bits per heavy atom. The molecule has 0 aromatic heterocycles. The third kappa shape index (κ3) is 5.48. The van der Waals surface area contributed by atoms with E-state index in [1.807, 2.05) is 6.07 Å². The van der Waals surface area contributed by atoms with Gasteiger partial charge in [-0.3, -0.25) is 4.79 Å². The Morgan fingerprint density at radius 1 is 1.13 bits per heavy atom. The maximum atomic E-state index is 12.6. The minimum absolute atomic E-state index is 0.249. The molecule has 1 heterocycles. The summed E-state index contributed by atoms with van der Waals surface area (Å²) in [5, 5.41) is 12.9. The van der Waals surface area contributed by atoms with Gasteiger partial charge in [0.05, 0.1) is 22.2 Å². The highest BCUT2D eigenvalue weighted by Gasteiger charge is 2.27. The van der Waals surface area contributed by atoms with Gasteiger partial charge in [-0.15, -0.1) is 0 Å². The van der Waals surface area contributed by atoms with Crippen molar-refractivity contribution in [2.24, 2.45) is 5.10 Å². The first-order valence-corrected chi connectivity index (χ1v) is 11.4. The van der Waals surface area contributed by atoms with Crippen molar-refractivity contribution in [3.8, 4) is 11.8 Å². The van der Waals surface area contributed by atoms with Gasteiger partial charge in [-0.1, -0.05) is 12.1 Å². The van der Waals surface area contributed by atoms with E-state index in [2.05, 4.69) is 10.5 Å². The van der Waals surface area contributed by atoms with Crippen molar-refractivity contribution in [3.63, 3.8) is 0 Å². The maximum Gasteiger partial charge on any atom is 0.280 e. The Morgan fingerprint density at radius 3 is 2.32 bits per heavy atom. The van der Waals surface area contributed by atoms with E-state index in [-0.39, 0.29) is 4.90 Å². The van der Waals surface area contributed by atoms with Gasteiger partial charge in [0.25, 0.3) is 5.91 Å². The summed E-state index contributed by atoms with van der Waals surface area (Å²) >= 11 is 0. The minimum atomic E-state index is -3.46. The van der Waals surface area contributed by atoms with Crippen LogP contribution in [0.15, 0.2) is 58.5 Å². The second-order valence-corrected chi connectivity index (χ2v) is 9.14. The second-order valence-electron chi connectivity index (χ2n) is 7.21. The van der Waals surface area contributed by atoms with Crippen LogP contribution in [0.4, 0.5) is 0 Å². The minimum Gasteiger partial charge on any atom is -0.481 e. The first-order valence-electron chi connectivity index (χ1n) is 9.93. The molecular weight excluding hydrogens is 416 g/mol. The molecule has 1 unspecified atom stereocenters. The molecule has 0 bridgehead atoms. The van der Waals surface area contributed by atoms with Crippen LogP contribution in [0.5, 0.6) is 5.75 Å². The van der Waals surface area contributed by atoms with Gasteiger partial charge in [0.2, 0.25) is 10.0 Å². The van der Waals surface area contributed by atoms with Crippen LogP contribution in [0.25, 0.3) is 0 Å². The van der Waals surface area contributed by atoms with E-state index < -0.39 is 22.0 Å². The molecule has 0 aliphatic carbocycles. The molecule has 1 aliphatic rings. The van der Waals surface area contributed by atoms with Crippen LogP contribution in [0.3, 0.4) is 0 Å². The number of amides is 1. The van der Waals surface area contributed by atoms with Crippen LogP contribution in [-0.2, 0) is 14.8 Å². The molecule has 31 heavy (non-hydrogen) atoms. The average molecular weight is 441 g/mol. The van der Waals surface area contributed by atoms with Gasteiger partial charge in [-0.05, 0) is 68.7 Å². The molecule has 1 saturated heterocycles. The number of nitriles is 1. The number of nitrogens with one attached hydrogen (secondary N) is 1. The van der Waals surface area contributed by atoms with E-state index in [1.54, 1.807) is 62.4 Å². The molecule has 1 fully saturated rings. The molecule has 0 saturated carbocycles. The molecule has 2 aromatic carbocycles. The van der Waals surface area contributed by atoms with E-state index in [0.717, 1.165) is 12.8 Å². The highest BCUT2D eigenvalue weighted by molar-refractivity contribution is 7.89. The predicted octanol–water partition coefficient (Wildman–Crippen LogP) is 2.65. The highest BCUT2D eigenvalue weighted by atomic mass is 32.2. The van der Waals surface area contributed by atoms with E-state index in [1.165, 1.54) is 4.31 Å². The first kappa shape index (κ1) is 22.5. The Hall–Kier alpha value is -3.22.